The van der Waals surface area contributed by atoms with Gasteiger partial charge < -0.3 is 10.6 Å². The Kier molecular flexibility index (Phi) is 6.15. The van der Waals surface area contributed by atoms with E-state index in [1.807, 2.05) is 45.0 Å². The predicted octanol–water partition coefficient (Wildman–Crippen LogP) is 3.24. The molecule has 2 aromatic rings. The number of nitrogens with zero attached hydrogens (tertiary/aromatic N) is 1. The van der Waals surface area contributed by atoms with Gasteiger partial charge in [-0.15, -0.1) is 0 Å². The summed E-state index contributed by atoms with van der Waals surface area (Å²) in [4.78, 5) is 28.4. The molecule has 132 valence electrons. The Morgan fingerprint density at radius 1 is 1.08 bits per heavy atom. The van der Waals surface area contributed by atoms with E-state index in [1.165, 1.54) is 12.3 Å². The van der Waals surface area contributed by atoms with Crippen molar-refractivity contribution in [2.24, 2.45) is 0 Å². The van der Waals surface area contributed by atoms with Crippen LogP contribution in [0.25, 0.3) is 0 Å². The number of hydrogen-bond donors (Lipinski definition) is 2. The topological polar surface area (TPSA) is 71.1 Å². The fraction of sp³-hybridized carbons (Fsp3) is 0.316. The van der Waals surface area contributed by atoms with Crippen molar-refractivity contribution in [3.05, 3.63) is 64.4 Å². The maximum atomic E-state index is 12.3. The largest absolute Gasteiger partial charge is 0.352 e. The van der Waals surface area contributed by atoms with Crippen LogP contribution in [0.15, 0.2) is 42.6 Å². The number of nitrogens with one attached hydrogen (secondary N) is 2. The number of carbonyl (C=O) groups is 2. The quantitative estimate of drug-likeness (QED) is 0.860. The second-order valence-corrected chi connectivity index (χ2v) is 7.20. The summed E-state index contributed by atoms with van der Waals surface area (Å²) in [6, 6.07) is 10.6. The zero-order valence-corrected chi connectivity index (χ0v) is 15.4. The molecule has 0 bridgehead atoms. The van der Waals surface area contributed by atoms with Gasteiger partial charge in [-0.1, -0.05) is 23.7 Å². The molecule has 0 fully saturated rings. The third kappa shape index (κ3) is 6.19. The fourth-order valence-electron chi connectivity index (χ4n) is 2.17. The van der Waals surface area contributed by atoms with E-state index in [0.29, 0.717) is 23.6 Å². The molecule has 0 atom stereocenters. The van der Waals surface area contributed by atoms with E-state index in [2.05, 4.69) is 15.6 Å². The van der Waals surface area contributed by atoms with Crippen LogP contribution in [0.1, 0.15) is 47.2 Å². The standard InChI is InChI=1S/C19H22ClN3O2/c1-19(2,3)23-18(25)16-12-14(9-11-21-16)17(24)22-10-8-13-4-6-15(20)7-5-13/h4-7,9,11-12H,8,10H2,1-3H3,(H,22,24)(H,23,25). The number of rotatable bonds is 5. The average Bonchev–Trinajstić information content (AvgIpc) is 2.55. The summed E-state index contributed by atoms with van der Waals surface area (Å²) in [7, 11) is 0. The highest BCUT2D eigenvalue weighted by atomic mass is 35.5. The average molecular weight is 360 g/mol. The van der Waals surface area contributed by atoms with Crippen LogP contribution in [-0.4, -0.2) is 28.9 Å². The minimum absolute atomic E-state index is 0.222. The van der Waals surface area contributed by atoms with Crippen molar-refractivity contribution in [2.45, 2.75) is 32.7 Å². The summed E-state index contributed by atoms with van der Waals surface area (Å²) in [6.45, 7) is 6.15. The first-order chi connectivity index (χ1) is 11.7. The molecule has 1 aromatic heterocycles. The summed E-state index contributed by atoms with van der Waals surface area (Å²) < 4.78 is 0. The smallest absolute Gasteiger partial charge is 0.270 e. The number of pyridine rings is 1. The highest BCUT2D eigenvalue weighted by Gasteiger charge is 2.17. The molecule has 0 radical (unpaired) electrons. The molecule has 0 saturated heterocycles. The van der Waals surface area contributed by atoms with E-state index < -0.39 is 0 Å². The lowest BCUT2D eigenvalue weighted by molar-refractivity contribution is 0.0914. The van der Waals surface area contributed by atoms with Crippen molar-refractivity contribution in [1.29, 1.82) is 0 Å². The summed E-state index contributed by atoms with van der Waals surface area (Å²) >= 11 is 5.85. The van der Waals surface area contributed by atoms with Crippen LogP contribution in [0.3, 0.4) is 0 Å². The van der Waals surface area contributed by atoms with Crippen LogP contribution < -0.4 is 10.6 Å². The fourth-order valence-corrected chi connectivity index (χ4v) is 2.30. The summed E-state index contributed by atoms with van der Waals surface area (Å²) in [5.41, 5.74) is 1.35. The highest BCUT2D eigenvalue weighted by molar-refractivity contribution is 6.30. The van der Waals surface area contributed by atoms with Crippen LogP contribution in [0.5, 0.6) is 0 Å². The van der Waals surface area contributed by atoms with Gasteiger partial charge in [0.05, 0.1) is 0 Å². The first-order valence-electron chi connectivity index (χ1n) is 8.06. The maximum absolute atomic E-state index is 12.3. The van der Waals surface area contributed by atoms with Crippen molar-refractivity contribution >= 4 is 23.4 Å². The molecule has 0 aliphatic rings. The zero-order valence-electron chi connectivity index (χ0n) is 14.6. The minimum atomic E-state index is -0.365. The van der Waals surface area contributed by atoms with Crippen LogP contribution in [-0.2, 0) is 6.42 Å². The molecule has 2 rings (SSSR count). The molecule has 0 saturated carbocycles. The van der Waals surface area contributed by atoms with E-state index in [0.717, 1.165) is 5.56 Å². The van der Waals surface area contributed by atoms with Crippen molar-refractivity contribution in [3.63, 3.8) is 0 Å². The van der Waals surface area contributed by atoms with Crippen molar-refractivity contribution in [1.82, 2.24) is 15.6 Å². The molecule has 0 aliphatic heterocycles. The number of benzene rings is 1. The molecular formula is C19H22ClN3O2. The third-order valence-corrected chi connectivity index (χ3v) is 3.61. The summed E-state index contributed by atoms with van der Waals surface area (Å²) in [6.07, 6.45) is 2.16. The van der Waals surface area contributed by atoms with Gasteiger partial charge in [0.2, 0.25) is 0 Å². The van der Waals surface area contributed by atoms with Gasteiger partial charge in [0.15, 0.2) is 0 Å². The second-order valence-electron chi connectivity index (χ2n) is 6.77. The van der Waals surface area contributed by atoms with Gasteiger partial charge in [0, 0.05) is 28.9 Å². The number of hydrogen-bond acceptors (Lipinski definition) is 3. The summed E-state index contributed by atoms with van der Waals surface area (Å²) in [5.74, 6) is -0.538. The van der Waals surface area contributed by atoms with Crippen molar-refractivity contribution in [2.75, 3.05) is 6.54 Å². The summed E-state index contributed by atoms with van der Waals surface area (Å²) in [5, 5.41) is 6.36. The molecule has 0 aliphatic carbocycles. The SMILES string of the molecule is CC(C)(C)NC(=O)c1cc(C(=O)NCCc2ccc(Cl)cc2)ccn1. The Balaban J connectivity index is 1.94. The molecule has 1 heterocycles. The van der Waals surface area contributed by atoms with Gasteiger partial charge in [0.25, 0.3) is 11.8 Å². The van der Waals surface area contributed by atoms with E-state index in [-0.39, 0.29) is 23.0 Å². The first kappa shape index (κ1) is 18.9. The predicted molar refractivity (Wildman–Crippen MR) is 98.9 cm³/mol. The second kappa shape index (κ2) is 8.12. The van der Waals surface area contributed by atoms with Gasteiger partial charge in [0.1, 0.15) is 5.69 Å². The Hall–Kier alpha value is -2.40. The third-order valence-electron chi connectivity index (χ3n) is 3.36. The van der Waals surface area contributed by atoms with E-state index >= 15 is 0 Å². The normalized spacial score (nSPS) is 11.0. The first-order valence-corrected chi connectivity index (χ1v) is 8.43. The van der Waals surface area contributed by atoms with E-state index in [9.17, 15) is 9.59 Å². The van der Waals surface area contributed by atoms with Gasteiger partial charge >= 0.3 is 0 Å². The molecule has 5 nitrogen and oxygen atoms in total. The lowest BCUT2D eigenvalue weighted by Crippen LogP contribution is -2.41. The van der Waals surface area contributed by atoms with Crippen LogP contribution in [0, 0.1) is 0 Å². The molecule has 25 heavy (non-hydrogen) atoms. The number of halogens is 1. The van der Waals surface area contributed by atoms with Gasteiger partial charge in [-0.2, -0.15) is 0 Å². The van der Waals surface area contributed by atoms with E-state index in [4.69, 9.17) is 11.6 Å². The highest BCUT2D eigenvalue weighted by Crippen LogP contribution is 2.10. The van der Waals surface area contributed by atoms with Gasteiger partial charge in [-0.3, -0.25) is 14.6 Å². The van der Waals surface area contributed by atoms with Crippen LogP contribution >= 0.6 is 11.6 Å². The molecule has 0 unspecified atom stereocenters. The molecular weight excluding hydrogens is 338 g/mol. The molecule has 2 amide bonds. The molecule has 2 N–H and O–H groups in total. The van der Waals surface area contributed by atoms with Gasteiger partial charge in [-0.05, 0) is 57.0 Å². The minimum Gasteiger partial charge on any atom is -0.352 e. The number of amides is 2. The molecule has 6 heteroatoms. The lowest BCUT2D eigenvalue weighted by Gasteiger charge is -2.20. The zero-order chi connectivity index (χ0) is 18.4. The maximum Gasteiger partial charge on any atom is 0.270 e. The number of carbonyl (C=O) groups excluding carboxylic acids is 2. The van der Waals surface area contributed by atoms with E-state index in [1.54, 1.807) is 6.07 Å². The number of aromatic nitrogens is 1. The monoisotopic (exact) mass is 359 g/mol. The van der Waals surface area contributed by atoms with Crippen molar-refractivity contribution < 1.29 is 9.59 Å². The van der Waals surface area contributed by atoms with Crippen LogP contribution in [0.4, 0.5) is 0 Å². The Morgan fingerprint density at radius 2 is 1.76 bits per heavy atom. The van der Waals surface area contributed by atoms with Gasteiger partial charge in [-0.25, -0.2) is 0 Å². The lowest BCUT2D eigenvalue weighted by atomic mass is 10.1. The Morgan fingerprint density at radius 3 is 2.40 bits per heavy atom. The Labute approximate surface area is 152 Å². The van der Waals surface area contributed by atoms with Crippen LogP contribution in [0.2, 0.25) is 5.02 Å². The molecule has 1 aromatic carbocycles. The molecule has 0 spiro atoms. The van der Waals surface area contributed by atoms with Crippen molar-refractivity contribution in [3.8, 4) is 0 Å². The Bertz CT molecular complexity index is 752.